The van der Waals surface area contributed by atoms with Crippen molar-refractivity contribution in [3.63, 3.8) is 0 Å². The molecule has 3 aromatic rings. The average Bonchev–Trinajstić information content (AvgIpc) is 3.57. The van der Waals surface area contributed by atoms with Crippen molar-refractivity contribution in [2.24, 2.45) is 0 Å². The fourth-order valence-electron chi connectivity index (χ4n) is 4.52. The van der Waals surface area contributed by atoms with Crippen LogP contribution in [0.2, 0.25) is 5.02 Å². The maximum absolute atomic E-state index is 13.4. The Balaban J connectivity index is 1.38. The molecule has 0 spiro atoms. The number of fused-ring (bicyclic) bond motifs is 1. The first-order valence-electron chi connectivity index (χ1n) is 11.1. The highest BCUT2D eigenvalue weighted by molar-refractivity contribution is 7.89. The summed E-state index contributed by atoms with van der Waals surface area (Å²) in [7, 11) is -3.89. The second-order valence-electron chi connectivity index (χ2n) is 8.43. The number of hydrogen-bond donors (Lipinski definition) is 2. The minimum atomic E-state index is -3.89. The smallest absolute Gasteiger partial charge is 0.254 e. The van der Waals surface area contributed by atoms with E-state index in [4.69, 9.17) is 16.3 Å². The third-order valence-corrected chi connectivity index (χ3v) is 8.13. The van der Waals surface area contributed by atoms with Crippen LogP contribution in [0.1, 0.15) is 47.9 Å². The Kier molecular flexibility index (Phi) is 6.13. The van der Waals surface area contributed by atoms with E-state index in [1.165, 1.54) is 12.1 Å². The van der Waals surface area contributed by atoms with Crippen LogP contribution in [0.4, 0.5) is 0 Å². The normalized spacial score (nSPS) is 21.2. The number of para-hydroxylation sites is 2. The number of nitrogens with zero attached hydrogens (tertiary/aromatic N) is 2. The lowest BCUT2D eigenvalue weighted by molar-refractivity contribution is 0.0730. The molecule has 8 nitrogen and oxygen atoms in total. The Morgan fingerprint density at radius 2 is 2.06 bits per heavy atom. The SMILES string of the molecule is O=C(c1ccc(Cl)c(S(=O)(=O)NC[C@@H]2CCCO2)c1)N1CCC[C@H]1c1nc2ccccc2[nH]1. The molecule has 0 bridgehead atoms. The van der Waals surface area contributed by atoms with Gasteiger partial charge in [0.15, 0.2) is 0 Å². The van der Waals surface area contributed by atoms with Gasteiger partial charge in [-0.1, -0.05) is 23.7 Å². The van der Waals surface area contributed by atoms with Crippen molar-refractivity contribution in [1.82, 2.24) is 19.6 Å². The molecule has 0 aliphatic carbocycles. The molecule has 2 saturated heterocycles. The lowest BCUT2D eigenvalue weighted by Crippen LogP contribution is -2.33. The van der Waals surface area contributed by atoms with E-state index in [1.54, 1.807) is 11.0 Å². The van der Waals surface area contributed by atoms with E-state index in [-0.39, 0.29) is 40.1 Å². The van der Waals surface area contributed by atoms with E-state index in [9.17, 15) is 13.2 Å². The lowest BCUT2D eigenvalue weighted by Gasteiger charge is -2.23. The van der Waals surface area contributed by atoms with Gasteiger partial charge in [-0.3, -0.25) is 4.79 Å². The second-order valence-corrected chi connectivity index (χ2v) is 10.6. The summed E-state index contributed by atoms with van der Waals surface area (Å²) >= 11 is 6.22. The number of H-pyrrole nitrogens is 1. The number of halogens is 1. The molecule has 2 aliphatic heterocycles. The molecular weight excluding hydrogens is 464 g/mol. The van der Waals surface area contributed by atoms with Gasteiger partial charge in [0.1, 0.15) is 10.7 Å². The van der Waals surface area contributed by atoms with Crippen LogP contribution < -0.4 is 4.72 Å². The van der Waals surface area contributed by atoms with Crippen LogP contribution in [-0.4, -0.2) is 55.0 Å². The zero-order chi connectivity index (χ0) is 23.0. The van der Waals surface area contributed by atoms with Gasteiger partial charge in [-0.25, -0.2) is 18.1 Å². The summed E-state index contributed by atoms with van der Waals surface area (Å²) in [4.78, 5) is 23.0. The average molecular weight is 489 g/mol. The van der Waals surface area contributed by atoms with E-state index in [1.807, 2.05) is 24.3 Å². The molecule has 2 fully saturated rings. The number of aromatic nitrogens is 2. The number of carbonyl (C=O) groups is 1. The summed E-state index contributed by atoms with van der Waals surface area (Å²) in [6, 6.07) is 11.9. The maximum atomic E-state index is 13.4. The molecule has 5 rings (SSSR count). The predicted molar refractivity (Wildman–Crippen MR) is 125 cm³/mol. The van der Waals surface area contributed by atoms with Crippen LogP contribution in [-0.2, 0) is 14.8 Å². The lowest BCUT2D eigenvalue weighted by atomic mass is 10.1. The van der Waals surface area contributed by atoms with Gasteiger partial charge in [0, 0.05) is 25.3 Å². The Morgan fingerprint density at radius 1 is 1.21 bits per heavy atom. The largest absolute Gasteiger partial charge is 0.377 e. The molecule has 3 heterocycles. The molecule has 0 saturated carbocycles. The van der Waals surface area contributed by atoms with E-state index in [0.717, 1.165) is 42.5 Å². The van der Waals surface area contributed by atoms with Crippen LogP contribution in [0.15, 0.2) is 47.4 Å². The van der Waals surface area contributed by atoms with Crippen LogP contribution >= 0.6 is 11.6 Å². The number of hydrogen-bond acceptors (Lipinski definition) is 5. The fourth-order valence-corrected chi connectivity index (χ4v) is 6.11. The minimum Gasteiger partial charge on any atom is -0.377 e. The van der Waals surface area contributed by atoms with Gasteiger partial charge >= 0.3 is 0 Å². The van der Waals surface area contributed by atoms with Crippen molar-refractivity contribution in [3.8, 4) is 0 Å². The van der Waals surface area contributed by atoms with Gasteiger partial charge < -0.3 is 14.6 Å². The van der Waals surface area contributed by atoms with Gasteiger partial charge in [0.25, 0.3) is 5.91 Å². The van der Waals surface area contributed by atoms with Gasteiger partial charge in [0.05, 0.1) is 28.2 Å². The van der Waals surface area contributed by atoms with Gasteiger partial charge in [-0.2, -0.15) is 0 Å². The number of carbonyl (C=O) groups excluding carboxylic acids is 1. The van der Waals surface area contributed by atoms with Crippen LogP contribution in [0.3, 0.4) is 0 Å². The maximum Gasteiger partial charge on any atom is 0.254 e. The Hall–Kier alpha value is -2.46. The number of aromatic amines is 1. The first-order valence-corrected chi connectivity index (χ1v) is 12.9. The molecule has 0 radical (unpaired) electrons. The standard InChI is InChI=1S/C23H25ClN4O4S/c24-17-10-9-15(13-21(17)33(30,31)25-14-16-5-4-12-32-16)23(29)28-11-3-8-20(28)22-26-18-6-1-2-7-19(18)27-22/h1-2,6-7,9-10,13,16,20,25H,3-5,8,11-12,14H2,(H,26,27)/t16-,20-/m0/s1. The number of rotatable bonds is 6. The molecular formula is C23H25ClN4O4S. The summed E-state index contributed by atoms with van der Waals surface area (Å²) in [6.45, 7) is 1.39. The fraction of sp³-hybridized carbons (Fsp3) is 0.391. The van der Waals surface area contributed by atoms with Crippen molar-refractivity contribution in [1.29, 1.82) is 0 Å². The summed E-state index contributed by atoms with van der Waals surface area (Å²) < 4.78 is 33.9. The highest BCUT2D eigenvalue weighted by Crippen LogP contribution is 2.33. The molecule has 10 heteroatoms. The minimum absolute atomic E-state index is 0.0710. The molecule has 174 valence electrons. The number of benzene rings is 2. The first-order chi connectivity index (χ1) is 15.9. The van der Waals surface area contributed by atoms with Crippen molar-refractivity contribution in [2.45, 2.75) is 42.7 Å². The number of sulfonamides is 1. The number of imidazole rings is 1. The van der Waals surface area contributed by atoms with Crippen LogP contribution in [0.5, 0.6) is 0 Å². The zero-order valence-corrected chi connectivity index (χ0v) is 19.5. The Morgan fingerprint density at radius 3 is 2.85 bits per heavy atom. The van der Waals surface area contributed by atoms with Gasteiger partial charge in [-0.15, -0.1) is 0 Å². The molecule has 2 N–H and O–H groups in total. The summed E-state index contributed by atoms with van der Waals surface area (Å²) in [5, 5.41) is 0.0710. The zero-order valence-electron chi connectivity index (χ0n) is 18.0. The molecule has 2 aromatic carbocycles. The van der Waals surface area contributed by atoms with Crippen molar-refractivity contribution >= 4 is 38.6 Å². The molecule has 2 aliphatic rings. The summed E-state index contributed by atoms with van der Waals surface area (Å²) in [5.74, 6) is 0.493. The van der Waals surface area contributed by atoms with Crippen molar-refractivity contribution in [3.05, 3.63) is 58.9 Å². The molecule has 1 aromatic heterocycles. The molecule has 1 amide bonds. The number of amides is 1. The molecule has 0 unspecified atom stereocenters. The van der Waals surface area contributed by atoms with Crippen LogP contribution in [0, 0.1) is 0 Å². The summed E-state index contributed by atoms with van der Waals surface area (Å²) in [5.41, 5.74) is 2.05. The number of nitrogens with one attached hydrogen (secondary N) is 2. The highest BCUT2D eigenvalue weighted by atomic mass is 35.5. The van der Waals surface area contributed by atoms with E-state index >= 15 is 0 Å². The molecule has 2 atom stereocenters. The number of ether oxygens (including phenoxy) is 1. The van der Waals surface area contributed by atoms with Crippen LogP contribution in [0.25, 0.3) is 11.0 Å². The molecule has 33 heavy (non-hydrogen) atoms. The number of likely N-dealkylation sites (tertiary alicyclic amines) is 1. The summed E-state index contributed by atoms with van der Waals surface area (Å²) in [6.07, 6.45) is 3.21. The van der Waals surface area contributed by atoms with Gasteiger partial charge in [-0.05, 0) is 56.0 Å². The van der Waals surface area contributed by atoms with E-state index in [0.29, 0.717) is 13.2 Å². The van der Waals surface area contributed by atoms with Crippen molar-refractivity contribution < 1.29 is 17.9 Å². The van der Waals surface area contributed by atoms with Crippen molar-refractivity contribution in [2.75, 3.05) is 19.7 Å². The third-order valence-electron chi connectivity index (χ3n) is 6.23. The topological polar surface area (TPSA) is 104 Å². The Bertz CT molecular complexity index is 1250. The van der Waals surface area contributed by atoms with E-state index in [2.05, 4.69) is 14.7 Å². The Labute approximate surface area is 197 Å². The third kappa shape index (κ3) is 4.50. The monoisotopic (exact) mass is 488 g/mol. The highest BCUT2D eigenvalue weighted by Gasteiger charge is 2.33. The second kappa shape index (κ2) is 9.06. The quantitative estimate of drug-likeness (QED) is 0.551. The van der Waals surface area contributed by atoms with Gasteiger partial charge in [0.2, 0.25) is 10.0 Å². The van der Waals surface area contributed by atoms with E-state index < -0.39 is 10.0 Å². The first kappa shape index (κ1) is 22.3. The predicted octanol–water partition coefficient (Wildman–Crippen LogP) is 3.65.